The maximum Gasteiger partial charge on any atom is 0.293 e. The summed E-state index contributed by atoms with van der Waals surface area (Å²) in [7, 11) is 0. The molecule has 0 saturated heterocycles. The van der Waals surface area contributed by atoms with E-state index < -0.39 is 0 Å². The summed E-state index contributed by atoms with van der Waals surface area (Å²) in [6.45, 7) is 5.06. The van der Waals surface area contributed by atoms with Crippen molar-refractivity contribution in [2.45, 2.75) is 58.5 Å². The zero-order chi connectivity index (χ0) is 14.1. The van der Waals surface area contributed by atoms with Gasteiger partial charge in [0.2, 0.25) is 0 Å². The molecule has 1 heterocycles. The number of hydrogen-bond donors (Lipinski definition) is 1. The van der Waals surface area contributed by atoms with Gasteiger partial charge in [0.1, 0.15) is 0 Å². The highest BCUT2D eigenvalue weighted by molar-refractivity contribution is 5.32. The molecule has 4 nitrogen and oxygen atoms in total. The molecule has 2 aliphatic rings. The van der Waals surface area contributed by atoms with E-state index in [1.807, 2.05) is 0 Å². The van der Waals surface area contributed by atoms with Crippen molar-refractivity contribution in [2.24, 2.45) is 17.8 Å². The third-order valence-corrected chi connectivity index (χ3v) is 5.18. The van der Waals surface area contributed by atoms with E-state index in [1.54, 1.807) is 17.0 Å². The Morgan fingerprint density at radius 2 is 2.30 bits per heavy atom. The van der Waals surface area contributed by atoms with Crippen molar-refractivity contribution in [3.63, 3.8) is 0 Å². The first-order valence-corrected chi connectivity index (χ1v) is 8.01. The number of nitrogens with one attached hydrogen (secondary N) is 1. The summed E-state index contributed by atoms with van der Waals surface area (Å²) in [6.07, 6.45) is 10.00. The van der Waals surface area contributed by atoms with Gasteiger partial charge in [0.15, 0.2) is 5.82 Å². The zero-order valence-electron chi connectivity index (χ0n) is 12.5. The Kier molecular flexibility index (Phi) is 3.81. The lowest BCUT2D eigenvalue weighted by Crippen LogP contribution is -2.34. The summed E-state index contributed by atoms with van der Waals surface area (Å²) < 4.78 is 1.75. The first kappa shape index (κ1) is 13.7. The monoisotopic (exact) mass is 275 g/mol. The van der Waals surface area contributed by atoms with Crippen molar-refractivity contribution in [1.82, 2.24) is 9.55 Å². The van der Waals surface area contributed by atoms with Gasteiger partial charge in [0.25, 0.3) is 5.56 Å². The van der Waals surface area contributed by atoms with Gasteiger partial charge in [-0.2, -0.15) is 0 Å². The van der Waals surface area contributed by atoms with Crippen LogP contribution in [0.2, 0.25) is 0 Å². The van der Waals surface area contributed by atoms with Gasteiger partial charge in [0, 0.05) is 25.0 Å². The third kappa shape index (κ3) is 2.48. The molecule has 2 saturated carbocycles. The topological polar surface area (TPSA) is 46.9 Å². The standard InChI is InChI=1S/C16H25N3O/c1-3-7-19-8-6-17-15(16(19)20)18-11(2)14-10-12-4-5-13(14)9-12/h6,8,11-14H,3-5,7,9-10H2,1-2H3,(H,17,18). The fraction of sp³-hybridized carbons (Fsp3) is 0.750. The van der Waals surface area contributed by atoms with Gasteiger partial charge < -0.3 is 9.88 Å². The van der Waals surface area contributed by atoms with Gasteiger partial charge in [-0.15, -0.1) is 0 Å². The number of aromatic nitrogens is 2. The Morgan fingerprint density at radius 1 is 1.45 bits per heavy atom. The van der Waals surface area contributed by atoms with Crippen LogP contribution >= 0.6 is 0 Å². The first-order valence-electron chi connectivity index (χ1n) is 8.01. The largest absolute Gasteiger partial charge is 0.363 e. The van der Waals surface area contributed by atoms with Crippen LogP contribution in [0.1, 0.15) is 46.0 Å². The van der Waals surface area contributed by atoms with Crippen LogP contribution in [0.5, 0.6) is 0 Å². The van der Waals surface area contributed by atoms with Crippen LogP contribution in [-0.2, 0) is 6.54 Å². The van der Waals surface area contributed by atoms with Crippen molar-refractivity contribution in [3.8, 4) is 0 Å². The Morgan fingerprint density at radius 3 is 2.95 bits per heavy atom. The minimum atomic E-state index is 0.0179. The van der Waals surface area contributed by atoms with Crippen LogP contribution in [-0.4, -0.2) is 15.6 Å². The Labute approximate surface area is 120 Å². The third-order valence-electron chi connectivity index (χ3n) is 5.18. The SMILES string of the molecule is CCCn1ccnc(NC(C)C2CC3CCC2C3)c1=O. The second-order valence-corrected chi connectivity index (χ2v) is 6.55. The fourth-order valence-corrected chi connectivity index (χ4v) is 4.19. The minimum absolute atomic E-state index is 0.0179. The Balaban J connectivity index is 1.71. The van der Waals surface area contributed by atoms with E-state index in [2.05, 4.69) is 24.1 Å². The van der Waals surface area contributed by atoms with Crippen molar-refractivity contribution in [1.29, 1.82) is 0 Å². The van der Waals surface area contributed by atoms with Crippen LogP contribution in [0.4, 0.5) is 5.82 Å². The zero-order valence-corrected chi connectivity index (χ0v) is 12.5. The van der Waals surface area contributed by atoms with Gasteiger partial charge in [0.05, 0.1) is 0 Å². The molecule has 0 amide bonds. The van der Waals surface area contributed by atoms with E-state index in [1.165, 1.54) is 25.7 Å². The normalized spacial score (nSPS) is 29.6. The molecule has 1 aromatic rings. The van der Waals surface area contributed by atoms with Crippen molar-refractivity contribution in [3.05, 3.63) is 22.7 Å². The van der Waals surface area contributed by atoms with E-state index in [0.29, 0.717) is 11.9 Å². The van der Waals surface area contributed by atoms with Gasteiger partial charge in [-0.25, -0.2) is 4.98 Å². The second-order valence-electron chi connectivity index (χ2n) is 6.55. The van der Waals surface area contributed by atoms with Crippen molar-refractivity contribution in [2.75, 3.05) is 5.32 Å². The average molecular weight is 275 g/mol. The summed E-state index contributed by atoms with van der Waals surface area (Å²) in [6, 6.07) is 0.350. The fourth-order valence-electron chi connectivity index (χ4n) is 4.19. The molecule has 110 valence electrons. The summed E-state index contributed by atoms with van der Waals surface area (Å²) in [5, 5.41) is 3.39. The molecule has 1 N–H and O–H groups in total. The molecule has 20 heavy (non-hydrogen) atoms. The molecule has 2 bridgehead atoms. The quantitative estimate of drug-likeness (QED) is 0.899. The molecule has 0 aromatic carbocycles. The lowest BCUT2D eigenvalue weighted by molar-refractivity contribution is 0.303. The highest BCUT2D eigenvalue weighted by atomic mass is 16.1. The molecule has 0 radical (unpaired) electrons. The van der Waals surface area contributed by atoms with E-state index in [-0.39, 0.29) is 5.56 Å². The molecule has 4 unspecified atom stereocenters. The molecule has 0 spiro atoms. The maximum absolute atomic E-state index is 12.3. The molecular formula is C16H25N3O. The molecule has 2 aliphatic carbocycles. The van der Waals surface area contributed by atoms with E-state index in [9.17, 15) is 4.79 Å². The Bertz CT molecular complexity index is 525. The lowest BCUT2D eigenvalue weighted by atomic mass is 9.84. The molecule has 2 fully saturated rings. The van der Waals surface area contributed by atoms with Gasteiger partial charge >= 0.3 is 0 Å². The van der Waals surface area contributed by atoms with Crippen molar-refractivity contribution >= 4 is 5.82 Å². The van der Waals surface area contributed by atoms with Gasteiger partial charge in [-0.1, -0.05) is 13.3 Å². The summed E-state index contributed by atoms with van der Waals surface area (Å²) in [5.74, 6) is 3.05. The number of rotatable bonds is 5. The molecule has 3 rings (SSSR count). The number of aryl methyl sites for hydroxylation is 1. The summed E-state index contributed by atoms with van der Waals surface area (Å²) in [4.78, 5) is 16.6. The van der Waals surface area contributed by atoms with E-state index in [4.69, 9.17) is 0 Å². The van der Waals surface area contributed by atoms with E-state index in [0.717, 1.165) is 30.7 Å². The molecule has 4 atom stereocenters. The first-order chi connectivity index (χ1) is 9.69. The van der Waals surface area contributed by atoms with E-state index >= 15 is 0 Å². The smallest absolute Gasteiger partial charge is 0.293 e. The van der Waals surface area contributed by atoms with Crippen molar-refractivity contribution < 1.29 is 0 Å². The second kappa shape index (κ2) is 5.58. The number of anilines is 1. The van der Waals surface area contributed by atoms with Crippen LogP contribution in [0, 0.1) is 17.8 Å². The molecule has 4 heteroatoms. The highest BCUT2D eigenvalue weighted by Crippen LogP contribution is 2.49. The van der Waals surface area contributed by atoms with Crippen LogP contribution in [0.3, 0.4) is 0 Å². The number of nitrogens with zero attached hydrogens (tertiary/aromatic N) is 2. The Hall–Kier alpha value is -1.32. The van der Waals surface area contributed by atoms with Gasteiger partial charge in [-0.05, 0) is 50.4 Å². The van der Waals surface area contributed by atoms with Crippen LogP contribution < -0.4 is 10.9 Å². The summed E-state index contributed by atoms with van der Waals surface area (Å²) >= 11 is 0. The molecular weight excluding hydrogens is 250 g/mol. The molecule has 0 aliphatic heterocycles. The predicted molar refractivity (Wildman–Crippen MR) is 80.8 cm³/mol. The van der Waals surface area contributed by atoms with Crippen LogP contribution in [0.25, 0.3) is 0 Å². The number of hydrogen-bond acceptors (Lipinski definition) is 3. The summed E-state index contributed by atoms with van der Waals surface area (Å²) in [5.41, 5.74) is 0.0179. The lowest BCUT2D eigenvalue weighted by Gasteiger charge is -2.28. The average Bonchev–Trinajstić information content (AvgIpc) is 3.06. The molecule has 1 aromatic heterocycles. The minimum Gasteiger partial charge on any atom is -0.363 e. The predicted octanol–water partition coefficient (Wildman–Crippen LogP) is 2.89. The van der Waals surface area contributed by atoms with Crippen LogP contribution in [0.15, 0.2) is 17.2 Å². The maximum atomic E-state index is 12.3. The van der Waals surface area contributed by atoms with Gasteiger partial charge in [-0.3, -0.25) is 4.79 Å². The highest BCUT2D eigenvalue weighted by Gasteiger charge is 2.41. The number of fused-ring (bicyclic) bond motifs is 2.